The van der Waals surface area contributed by atoms with E-state index >= 15 is 0 Å². The summed E-state index contributed by atoms with van der Waals surface area (Å²) in [6.45, 7) is 3.76. The van der Waals surface area contributed by atoms with Gasteiger partial charge in [-0.05, 0) is 32.3 Å². The summed E-state index contributed by atoms with van der Waals surface area (Å²) in [5.74, 6) is 0. The Bertz CT molecular complexity index is 532. The van der Waals surface area contributed by atoms with Crippen LogP contribution in [0.2, 0.25) is 0 Å². The number of hydrogen-bond donors (Lipinski definition) is 2. The third-order valence-corrected chi connectivity index (χ3v) is 4.95. The van der Waals surface area contributed by atoms with Crippen molar-refractivity contribution in [2.45, 2.75) is 63.1 Å². The first kappa shape index (κ1) is 14.6. The minimum absolute atomic E-state index is 0.0724. The SMILES string of the molecule is CCCC(C)NS(=O)(=O)c1cc(CO)n(C2CC2)c1. The summed E-state index contributed by atoms with van der Waals surface area (Å²) in [4.78, 5) is 0.256. The fourth-order valence-corrected chi connectivity index (χ4v) is 3.61. The van der Waals surface area contributed by atoms with Crippen LogP contribution in [-0.4, -0.2) is 24.1 Å². The predicted octanol–water partition coefficient (Wildman–Crippen LogP) is 1.78. The van der Waals surface area contributed by atoms with Crippen molar-refractivity contribution in [3.05, 3.63) is 18.0 Å². The summed E-state index contributed by atoms with van der Waals surface area (Å²) >= 11 is 0. The van der Waals surface area contributed by atoms with Crippen molar-refractivity contribution in [1.82, 2.24) is 9.29 Å². The van der Waals surface area contributed by atoms with Crippen LogP contribution in [0.3, 0.4) is 0 Å². The van der Waals surface area contributed by atoms with Gasteiger partial charge in [-0.2, -0.15) is 0 Å². The fraction of sp³-hybridized carbons (Fsp3) is 0.692. The number of sulfonamides is 1. The topological polar surface area (TPSA) is 71.3 Å². The number of hydrogen-bond acceptors (Lipinski definition) is 3. The van der Waals surface area contributed by atoms with Gasteiger partial charge in [-0.15, -0.1) is 0 Å². The van der Waals surface area contributed by atoms with Crippen LogP contribution in [-0.2, 0) is 16.6 Å². The van der Waals surface area contributed by atoms with Crippen LogP contribution >= 0.6 is 0 Å². The van der Waals surface area contributed by atoms with E-state index < -0.39 is 10.0 Å². The molecular formula is C13H22N2O3S. The van der Waals surface area contributed by atoms with Crippen molar-refractivity contribution in [3.63, 3.8) is 0 Å². The van der Waals surface area contributed by atoms with Gasteiger partial charge in [0.15, 0.2) is 0 Å². The van der Waals surface area contributed by atoms with E-state index in [1.54, 1.807) is 12.3 Å². The lowest BCUT2D eigenvalue weighted by molar-refractivity contribution is 0.270. The van der Waals surface area contributed by atoms with E-state index in [0.29, 0.717) is 11.7 Å². The second-order valence-electron chi connectivity index (χ2n) is 5.27. The summed E-state index contributed by atoms with van der Waals surface area (Å²) < 4.78 is 29.0. The second-order valence-corrected chi connectivity index (χ2v) is 6.99. The smallest absolute Gasteiger partial charge is 0.242 e. The van der Waals surface area contributed by atoms with Crippen molar-refractivity contribution in [2.75, 3.05) is 0 Å². The Kier molecular flexibility index (Phi) is 4.32. The number of nitrogens with zero attached hydrogens (tertiary/aromatic N) is 1. The quantitative estimate of drug-likeness (QED) is 0.802. The molecular weight excluding hydrogens is 264 g/mol. The average molecular weight is 286 g/mol. The lowest BCUT2D eigenvalue weighted by Crippen LogP contribution is -2.32. The van der Waals surface area contributed by atoms with Crippen molar-refractivity contribution in [1.29, 1.82) is 0 Å². The molecule has 0 spiro atoms. The van der Waals surface area contributed by atoms with Gasteiger partial charge in [-0.25, -0.2) is 13.1 Å². The first-order valence-electron chi connectivity index (χ1n) is 6.82. The van der Waals surface area contributed by atoms with E-state index in [-0.39, 0.29) is 17.5 Å². The van der Waals surface area contributed by atoms with Crippen molar-refractivity contribution in [2.24, 2.45) is 0 Å². The molecule has 1 atom stereocenters. The Hall–Kier alpha value is -0.850. The van der Waals surface area contributed by atoms with Crippen molar-refractivity contribution in [3.8, 4) is 0 Å². The van der Waals surface area contributed by atoms with Crippen LogP contribution in [0.5, 0.6) is 0 Å². The molecule has 1 fully saturated rings. The van der Waals surface area contributed by atoms with Gasteiger partial charge in [0, 0.05) is 24.0 Å². The second kappa shape index (κ2) is 5.64. The van der Waals surface area contributed by atoms with Crippen LogP contribution in [0.25, 0.3) is 0 Å². The van der Waals surface area contributed by atoms with E-state index in [0.717, 1.165) is 25.7 Å². The van der Waals surface area contributed by atoms with Crippen LogP contribution in [0.1, 0.15) is 51.3 Å². The Balaban J connectivity index is 2.20. The average Bonchev–Trinajstić information content (AvgIpc) is 3.07. The summed E-state index contributed by atoms with van der Waals surface area (Å²) in [6.07, 6.45) is 5.51. The molecule has 1 heterocycles. The maximum atomic E-state index is 12.2. The van der Waals surface area contributed by atoms with Gasteiger partial charge in [0.05, 0.1) is 11.5 Å². The minimum Gasteiger partial charge on any atom is -0.390 e. The number of rotatable bonds is 7. The molecule has 108 valence electrons. The van der Waals surface area contributed by atoms with Crippen LogP contribution in [0, 0.1) is 0 Å². The predicted molar refractivity (Wildman–Crippen MR) is 73.3 cm³/mol. The molecule has 1 aliphatic rings. The van der Waals surface area contributed by atoms with E-state index in [9.17, 15) is 13.5 Å². The molecule has 0 bridgehead atoms. The van der Waals surface area contributed by atoms with Crippen LogP contribution in [0.15, 0.2) is 17.2 Å². The molecule has 2 N–H and O–H groups in total. The van der Waals surface area contributed by atoms with Gasteiger partial charge in [-0.1, -0.05) is 13.3 Å². The van der Waals surface area contributed by atoms with Gasteiger partial charge in [0.2, 0.25) is 10.0 Å². The normalized spacial score (nSPS) is 17.6. The van der Waals surface area contributed by atoms with Gasteiger partial charge >= 0.3 is 0 Å². The highest BCUT2D eigenvalue weighted by Gasteiger charge is 2.28. The Morgan fingerprint density at radius 1 is 1.53 bits per heavy atom. The third kappa shape index (κ3) is 3.38. The number of aliphatic hydroxyl groups is 1. The zero-order chi connectivity index (χ0) is 14.0. The molecule has 1 aromatic heterocycles. The molecule has 1 unspecified atom stereocenters. The van der Waals surface area contributed by atoms with Gasteiger partial charge < -0.3 is 9.67 Å². The summed E-state index contributed by atoms with van der Waals surface area (Å²) in [5.41, 5.74) is 0.672. The number of aromatic nitrogens is 1. The molecule has 0 aliphatic heterocycles. The Morgan fingerprint density at radius 2 is 2.21 bits per heavy atom. The third-order valence-electron chi connectivity index (χ3n) is 3.40. The summed E-state index contributed by atoms with van der Waals surface area (Å²) in [7, 11) is -3.48. The zero-order valence-electron chi connectivity index (χ0n) is 11.5. The lowest BCUT2D eigenvalue weighted by Gasteiger charge is -2.12. The van der Waals surface area contributed by atoms with Gasteiger partial charge in [-0.3, -0.25) is 0 Å². The standard InChI is InChI=1S/C13H22N2O3S/c1-3-4-10(2)14-19(17,18)13-7-12(9-16)15(8-13)11-5-6-11/h7-8,10-11,14,16H,3-6,9H2,1-2H3. The highest BCUT2D eigenvalue weighted by Crippen LogP contribution is 2.37. The molecule has 0 amide bonds. The first-order valence-corrected chi connectivity index (χ1v) is 8.30. The van der Waals surface area contributed by atoms with Crippen molar-refractivity contribution >= 4 is 10.0 Å². The van der Waals surface area contributed by atoms with E-state index in [1.165, 1.54) is 0 Å². The van der Waals surface area contributed by atoms with Gasteiger partial charge in [0.1, 0.15) is 0 Å². The van der Waals surface area contributed by atoms with E-state index in [1.807, 2.05) is 18.4 Å². The molecule has 5 nitrogen and oxygen atoms in total. The van der Waals surface area contributed by atoms with E-state index in [2.05, 4.69) is 4.72 Å². The summed E-state index contributed by atoms with van der Waals surface area (Å²) in [6, 6.07) is 1.86. The molecule has 1 aromatic rings. The molecule has 0 radical (unpaired) electrons. The lowest BCUT2D eigenvalue weighted by atomic mass is 10.2. The van der Waals surface area contributed by atoms with Gasteiger partial charge in [0.25, 0.3) is 0 Å². The maximum absolute atomic E-state index is 12.2. The Labute approximate surface area is 114 Å². The molecule has 6 heteroatoms. The summed E-state index contributed by atoms with van der Waals surface area (Å²) in [5, 5.41) is 9.30. The molecule has 2 rings (SSSR count). The highest BCUT2D eigenvalue weighted by atomic mass is 32.2. The van der Waals surface area contributed by atoms with Crippen LogP contribution < -0.4 is 4.72 Å². The zero-order valence-corrected chi connectivity index (χ0v) is 12.3. The minimum atomic E-state index is -3.48. The monoisotopic (exact) mass is 286 g/mol. The molecule has 19 heavy (non-hydrogen) atoms. The molecule has 0 aromatic carbocycles. The number of aliphatic hydroxyl groups excluding tert-OH is 1. The highest BCUT2D eigenvalue weighted by molar-refractivity contribution is 7.89. The van der Waals surface area contributed by atoms with E-state index in [4.69, 9.17) is 0 Å². The number of nitrogens with one attached hydrogen (secondary N) is 1. The first-order chi connectivity index (χ1) is 8.97. The Morgan fingerprint density at radius 3 is 2.74 bits per heavy atom. The maximum Gasteiger partial charge on any atom is 0.242 e. The molecule has 0 saturated heterocycles. The van der Waals surface area contributed by atoms with Crippen molar-refractivity contribution < 1.29 is 13.5 Å². The van der Waals surface area contributed by atoms with Crippen LogP contribution in [0.4, 0.5) is 0 Å². The fourth-order valence-electron chi connectivity index (χ4n) is 2.29. The molecule has 1 saturated carbocycles. The molecule has 1 aliphatic carbocycles. The largest absolute Gasteiger partial charge is 0.390 e.